The molecule has 0 saturated carbocycles. The molecule has 1 saturated heterocycles. The zero-order chi connectivity index (χ0) is 22.0. The van der Waals surface area contributed by atoms with Gasteiger partial charge in [-0.25, -0.2) is 8.42 Å². The molecule has 0 atom stereocenters. The van der Waals surface area contributed by atoms with E-state index in [4.69, 9.17) is 0 Å². The van der Waals surface area contributed by atoms with Crippen LogP contribution in [0.15, 0.2) is 35.2 Å². The minimum Gasteiger partial charge on any atom is -0.349 e. The van der Waals surface area contributed by atoms with Crippen molar-refractivity contribution in [2.45, 2.75) is 56.4 Å². The second-order valence-electron chi connectivity index (χ2n) is 8.12. The molecule has 9 heteroatoms. The number of piperidine rings is 1. The van der Waals surface area contributed by atoms with Gasteiger partial charge in [-0.2, -0.15) is 4.31 Å². The average Bonchev–Trinajstić information content (AvgIpc) is 3.19. The summed E-state index contributed by atoms with van der Waals surface area (Å²) in [5, 5.41) is 5.72. The molecular formula is C22H27N3O4S2. The monoisotopic (exact) mass is 461 g/mol. The van der Waals surface area contributed by atoms with Gasteiger partial charge in [0.2, 0.25) is 15.9 Å². The molecule has 4 rings (SSSR count). The van der Waals surface area contributed by atoms with Gasteiger partial charge >= 0.3 is 0 Å². The Morgan fingerprint density at radius 2 is 1.74 bits per heavy atom. The number of hydrogen-bond acceptors (Lipinski definition) is 5. The maximum atomic E-state index is 12.9. The van der Waals surface area contributed by atoms with Crippen molar-refractivity contribution in [2.24, 2.45) is 0 Å². The molecule has 2 heterocycles. The van der Waals surface area contributed by atoms with E-state index in [0.717, 1.165) is 17.7 Å². The van der Waals surface area contributed by atoms with Crippen molar-refractivity contribution in [3.63, 3.8) is 0 Å². The van der Waals surface area contributed by atoms with E-state index in [1.807, 2.05) is 6.07 Å². The SMILES string of the molecule is CC(=O)Nc1ccc(S(=O)(=O)N2CCC(NC(=O)c3cc4c(s3)CCCC4)CC2)cc1. The summed E-state index contributed by atoms with van der Waals surface area (Å²) in [5.74, 6) is -0.253. The molecule has 1 aromatic heterocycles. The van der Waals surface area contributed by atoms with E-state index >= 15 is 0 Å². The zero-order valence-corrected chi connectivity index (χ0v) is 19.2. The van der Waals surface area contributed by atoms with Crippen molar-refractivity contribution in [1.29, 1.82) is 0 Å². The third kappa shape index (κ3) is 4.99. The largest absolute Gasteiger partial charge is 0.349 e. The van der Waals surface area contributed by atoms with Crippen LogP contribution in [0.25, 0.3) is 0 Å². The van der Waals surface area contributed by atoms with Gasteiger partial charge in [-0.05, 0) is 74.4 Å². The highest BCUT2D eigenvalue weighted by Gasteiger charge is 2.30. The summed E-state index contributed by atoms with van der Waals surface area (Å²) in [4.78, 5) is 26.1. The van der Waals surface area contributed by atoms with Crippen LogP contribution in [0.5, 0.6) is 0 Å². The first-order chi connectivity index (χ1) is 14.8. The number of rotatable bonds is 5. The van der Waals surface area contributed by atoms with Crippen molar-refractivity contribution in [3.05, 3.63) is 45.6 Å². The molecule has 0 radical (unpaired) electrons. The van der Waals surface area contributed by atoms with E-state index in [9.17, 15) is 18.0 Å². The van der Waals surface area contributed by atoms with Gasteiger partial charge in [0.05, 0.1) is 9.77 Å². The van der Waals surface area contributed by atoms with Crippen LogP contribution >= 0.6 is 11.3 Å². The standard InChI is InChI=1S/C22H27N3O4S2/c1-15(26)23-17-6-8-19(9-7-17)31(28,29)25-12-10-18(11-13-25)24-22(27)21-14-16-4-2-3-5-20(16)30-21/h6-9,14,18H,2-5,10-13H2,1H3,(H,23,26)(H,24,27). The van der Waals surface area contributed by atoms with Gasteiger partial charge in [-0.1, -0.05) is 0 Å². The van der Waals surface area contributed by atoms with Crippen LogP contribution in [-0.2, 0) is 27.7 Å². The number of anilines is 1. The van der Waals surface area contributed by atoms with Gasteiger partial charge in [0.25, 0.3) is 5.91 Å². The Labute approximate surface area is 186 Å². The molecule has 31 heavy (non-hydrogen) atoms. The molecule has 0 unspecified atom stereocenters. The van der Waals surface area contributed by atoms with Gasteiger partial charge in [-0.15, -0.1) is 11.3 Å². The van der Waals surface area contributed by atoms with Crippen molar-refractivity contribution in [1.82, 2.24) is 9.62 Å². The molecule has 7 nitrogen and oxygen atoms in total. The lowest BCUT2D eigenvalue weighted by molar-refractivity contribution is -0.114. The molecular weight excluding hydrogens is 434 g/mol. The maximum Gasteiger partial charge on any atom is 0.261 e. The third-order valence-electron chi connectivity index (χ3n) is 5.82. The van der Waals surface area contributed by atoms with Crippen LogP contribution < -0.4 is 10.6 Å². The number of hydrogen-bond donors (Lipinski definition) is 2. The van der Waals surface area contributed by atoms with E-state index in [1.165, 1.54) is 46.6 Å². The van der Waals surface area contributed by atoms with Gasteiger partial charge in [0.15, 0.2) is 0 Å². The summed E-state index contributed by atoms with van der Waals surface area (Å²) in [6.07, 6.45) is 5.67. The third-order valence-corrected chi connectivity index (χ3v) is 8.97. The van der Waals surface area contributed by atoms with Gasteiger partial charge in [-0.3, -0.25) is 9.59 Å². The van der Waals surface area contributed by atoms with Crippen molar-refractivity contribution < 1.29 is 18.0 Å². The van der Waals surface area contributed by atoms with Crippen LogP contribution in [-0.4, -0.2) is 43.7 Å². The summed E-state index contributed by atoms with van der Waals surface area (Å²) < 4.78 is 27.3. The molecule has 2 aliphatic rings. The Kier molecular flexibility index (Phi) is 6.45. The highest BCUT2D eigenvalue weighted by molar-refractivity contribution is 7.89. The second kappa shape index (κ2) is 9.10. The highest BCUT2D eigenvalue weighted by atomic mass is 32.2. The Balaban J connectivity index is 1.34. The van der Waals surface area contributed by atoms with Crippen molar-refractivity contribution >= 4 is 38.9 Å². The molecule has 1 fully saturated rings. The fourth-order valence-electron chi connectivity index (χ4n) is 4.16. The van der Waals surface area contributed by atoms with Crippen LogP contribution in [0.3, 0.4) is 0 Å². The van der Waals surface area contributed by atoms with Crippen molar-refractivity contribution in [2.75, 3.05) is 18.4 Å². The summed E-state index contributed by atoms with van der Waals surface area (Å²) in [6, 6.07) is 8.18. The second-order valence-corrected chi connectivity index (χ2v) is 11.2. The molecule has 2 N–H and O–H groups in total. The summed E-state index contributed by atoms with van der Waals surface area (Å²) in [5.41, 5.74) is 1.87. The van der Waals surface area contributed by atoms with Crippen LogP contribution in [0.4, 0.5) is 5.69 Å². The van der Waals surface area contributed by atoms with Gasteiger partial charge in [0, 0.05) is 36.6 Å². The normalized spacial score (nSPS) is 17.7. The smallest absolute Gasteiger partial charge is 0.261 e. The van der Waals surface area contributed by atoms with E-state index < -0.39 is 10.0 Å². The molecule has 1 aliphatic carbocycles. The number of fused-ring (bicyclic) bond motifs is 1. The minimum absolute atomic E-state index is 0.0276. The van der Waals surface area contributed by atoms with E-state index in [0.29, 0.717) is 31.6 Å². The fourth-order valence-corrected chi connectivity index (χ4v) is 6.79. The van der Waals surface area contributed by atoms with E-state index in [-0.39, 0.29) is 22.8 Å². The van der Waals surface area contributed by atoms with Crippen molar-refractivity contribution in [3.8, 4) is 0 Å². The molecule has 1 aliphatic heterocycles. The van der Waals surface area contributed by atoms with Crippen LogP contribution in [0, 0.1) is 0 Å². The minimum atomic E-state index is -3.60. The number of sulfonamides is 1. The lowest BCUT2D eigenvalue weighted by Gasteiger charge is -2.31. The first kappa shape index (κ1) is 22.0. The number of carbonyl (C=O) groups excluding carboxylic acids is 2. The Morgan fingerprint density at radius 3 is 2.39 bits per heavy atom. The summed E-state index contributed by atoms with van der Waals surface area (Å²) in [6.45, 7) is 2.13. The van der Waals surface area contributed by atoms with E-state index in [1.54, 1.807) is 23.5 Å². The predicted molar refractivity (Wildman–Crippen MR) is 121 cm³/mol. The number of benzene rings is 1. The average molecular weight is 462 g/mol. The molecule has 0 bridgehead atoms. The van der Waals surface area contributed by atoms with Gasteiger partial charge < -0.3 is 10.6 Å². The number of nitrogens with one attached hydrogen (secondary N) is 2. The van der Waals surface area contributed by atoms with Gasteiger partial charge in [0.1, 0.15) is 0 Å². The number of carbonyl (C=O) groups is 2. The number of thiophene rings is 1. The highest BCUT2D eigenvalue weighted by Crippen LogP contribution is 2.30. The van der Waals surface area contributed by atoms with Crippen LogP contribution in [0.1, 0.15) is 52.7 Å². The lowest BCUT2D eigenvalue weighted by atomic mass is 9.99. The molecule has 166 valence electrons. The molecule has 1 aromatic carbocycles. The molecule has 2 amide bonds. The molecule has 0 spiro atoms. The van der Waals surface area contributed by atoms with E-state index in [2.05, 4.69) is 10.6 Å². The number of aryl methyl sites for hydroxylation is 2. The number of amides is 2. The quantitative estimate of drug-likeness (QED) is 0.715. The zero-order valence-electron chi connectivity index (χ0n) is 17.5. The Hall–Kier alpha value is -2.23. The Bertz CT molecular complexity index is 1050. The number of nitrogens with zero attached hydrogens (tertiary/aromatic N) is 1. The summed E-state index contributed by atoms with van der Waals surface area (Å²) >= 11 is 1.59. The fraction of sp³-hybridized carbons (Fsp3) is 0.455. The first-order valence-electron chi connectivity index (χ1n) is 10.6. The Morgan fingerprint density at radius 1 is 1.06 bits per heavy atom. The summed E-state index contributed by atoms with van der Waals surface area (Å²) in [7, 11) is -3.60. The molecule has 2 aromatic rings. The van der Waals surface area contributed by atoms with Crippen LogP contribution in [0.2, 0.25) is 0 Å². The lowest BCUT2D eigenvalue weighted by Crippen LogP contribution is -2.46. The first-order valence-corrected chi connectivity index (χ1v) is 12.9. The topological polar surface area (TPSA) is 95.6 Å². The predicted octanol–water partition coefficient (Wildman–Crippen LogP) is 3.17. The maximum absolute atomic E-state index is 12.9.